The molecule has 3 rings (SSSR count). The van der Waals surface area contributed by atoms with Gasteiger partial charge < -0.3 is 15.4 Å². The molecule has 0 radical (unpaired) electrons. The van der Waals surface area contributed by atoms with Gasteiger partial charge in [-0.1, -0.05) is 18.2 Å². The predicted octanol–water partition coefficient (Wildman–Crippen LogP) is 2.77. The molecule has 2 aromatic carbocycles. The van der Waals surface area contributed by atoms with Crippen LogP contribution in [0, 0.1) is 10.1 Å². The van der Waals surface area contributed by atoms with Crippen LogP contribution in [0.25, 0.3) is 6.08 Å². The Kier molecular flexibility index (Phi) is 5.48. The zero-order valence-electron chi connectivity index (χ0n) is 14.1. The van der Waals surface area contributed by atoms with Gasteiger partial charge in [0.05, 0.1) is 11.5 Å². The van der Waals surface area contributed by atoms with Crippen molar-refractivity contribution in [2.24, 2.45) is 0 Å². The summed E-state index contributed by atoms with van der Waals surface area (Å²) < 4.78 is 5.45. The number of nitro groups is 1. The third kappa shape index (κ3) is 4.38. The molecule has 134 valence electrons. The number of nitro benzene ring substituents is 1. The second kappa shape index (κ2) is 8.15. The van der Waals surface area contributed by atoms with Crippen LogP contribution >= 0.6 is 0 Å². The Morgan fingerprint density at radius 1 is 1.23 bits per heavy atom. The second-order valence-electron chi connectivity index (χ2n) is 5.79. The molecule has 0 aliphatic carbocycles. The Bertz CT molecular complexity index is 848. The number of benzene rings is 2. The lowest BCUT2D eigenvalue weighted by Crippen LogP contribution is -2.27. The highest BCUT2D eigenvalue weighted by molar-refractivity contribution is 5.91. The highest BCUT2D eigenvalue weighted by atomic mass is 16.6. The first-order valence-electron chi connectivity index (χ1n) is 8.32. The maximum absolute atomic E-state index is 11.9. The van der Waals surface area contributed by atoms with Crippen molar-refractivity contribution in [1.29, 1.82) is 0 Å². The van der Waals surface area contributed by atoms with Gasteiger partial charge in [0.25, 0.3) is 5.69 Å². The van der Waals surface area contributed by atoms with Crippen molar-refractivity contribution in [1.82, 2.24) is 5.32 Å². The van der Waals surface area contributed by atoms with Crippen molar-refractivity contribution in [3.8, 4) is 5.75 Å². The predicted molar refractivity (Wildman–Crippen MR) is 99.3 cm³/mol. The molecule has 0 spiro atoms. The van der Waals surface area contributed by atoms with Gasteiger partial charge in [0.15, 0.2) is 0 Å². The van der Waals surface area contributed by atoms with E-state index in [1.807, 2.05) is 18.2 Å². The van der Waals surface area contributed by atoms with E-state index in [9.17, 15) is 14.9 Å². The number of rotatable bonds is 7. The molecule has 0 atom stereocenters. The number of anilines is 1. The number of amides is 1. The normalized spacial score (nSPS) is 12.5. The van der Waals surface area contributed by atoms with Gasteiger partial charge in [-0.25, -0.2) is 0 Å². The average molecular weight is 353 g/mol. The summed E-state index contributed by atoms with van der Waals surface area (Å²) >= 11 is 0. The molecule has 1 amide bonds. The highest BCUT2D eigenvalue weighted by Crippen LogP contribution is 2.26. The summed E-state index contributed by atoms with van der Waals surface area (Å²) in [5.41, 5.74) is 2.55. The smallest absolute Gasteiger partial charge is 0.292 e. The minimum absolute atomic E-state index is 0.0133. The van der Waals surface area contributed by atoms with E-state index in [1.54, 1.807) is 24.3 Å². The molecule has 0 saturated carbocycles. The monoisotopic (exact) mass is 353 g/mol. The van der Waals surface area contributed by atoms with Crippen molar-refractivity contribution in [3.05, 3.63) is 69.8 Å². The van der Waals surface area contributed by atoms with Crippen molar-refractivity contribution in [2.75, 3.05) is 25.0 Å². The number of nitrogens with one attached hydrogen (secondary N) is 2. The molecule has 0 bridgehead atoms. The van der Waals surface area contributed by atoms with Gasteiger partial charge in [-0.15, -0.1) is 0 Å². The zero-order valence-corrected chi connectivity index (χ0v) is 14.1. The summed E-state index contributed by atoms with van der Waals surface area (Å²) in [5.74, 6) is 0.693. The van der Waals surface area contributed by atoms with Crippen LogP contribution in [0.2, 0.25) is 0 Å². The van der Waals surface area contributed by atoms with E-state index in [1.165, 1.54) is 12.1 Å². The maximum Gasteiger partial charge on any atom is 0.292 e. The third-order valence-electron chi connectivity index (χ3n) is 3.98. The molecule has 0 aromatic heterocycles. The van der Waals surface area contributed by atoms with Crippen LogP contribution in [0.1, 0.15) is 11.1 Å². The molecule has 7 nitrogen and oxygen atoms in total. The van der Waals surface area contributed by atoms with Gasteiger partial charge in [-0.2, -0.15) is 0 Å². The number of para-hydroxylation sites is 2. The van der Waals surface area contributed by atoms with Crippen LogP contribution in [0.4, 0.5) is 11.4 Å². The van der Waals surface area contributed by atoms with Gasteiger partial charge >= 0.3 is 0 Å². The largest absolute Gasteiger partial charge is 0.493 e. The first kappa shape index (κ1) is 17.5. The van der Waals surface area contributed by atoms with E-state index in [4.69, 9.17) is 4.74 Å². The zero-order chi connectivity index (χ0) is 18.4. The number of carbonyl (C=O) groups is 1. The SMILES string of the molecule is O=C(/C=C/c1ccc2c(c1)CCO2)NCCNc1ccccc1[N+](=O)[O-]. The lowest BCUT2D eigenvalue weighted by molar-refractivity contribution is -0.384. The maximum atomic E-state index is 11.9. The van der Waals surface area contributed by atoms with E-state index in [-0.39, 0.29) is 11.6 Å². The minimum atomic E-state index is -0.439. The molecule has 2 N–H and O–H groups in total. The topological polar surface area (TPSA) is 93.5 Å². The molecule has 26 heavy (non-hydrogen) atoms. The summed E-state index contributed by atoms with van der Waals surface area (Å²) in [6.07, 6.45) is 4.12. The minimum Gasteiger partial charge on any atom is -0.493 e. The fourth-order valence-electron chi connectivity index (χ4n) is 2.71. The summed E-state index contributed by atoms with van der Waals surface area (Å²) in [5, 5.41) is 16.6. The fraction of sp³-hybridized carbons (Fsp3) is 0.211. The van der Waals surface area contributed by atoms with E-state index < -0.39 is 4.92 Å². The Morgan fingerprint density at radius 3 is 2.92 bits per heavy atom. The van der Waals surface area contributed by atoms with Crippen LogP contribution in [0.5, 0.6) is 5.75 Å². The average Bonchev–Trinajstić information content (AvgIpc) is 3.11. The molecular formula is C19H19N3O4. The molecule has 1 aliphatic heterocycles. The van der Waals surface area contributed by atoms with Gasteiger partial charge in [0, 0.05) is 31.7 Å². The molecule has 7 heteroatoms. The summed E-state index contributed by atoms with van der Waals surface area (Å²) in [6, 6.07) is 12.2. The van der Waals surface area contributed by atoms with E-state index in [2.05, 4.69) is 10.6 Å². The Balaban J connectivity index is 1.45. The molecule has 0 saturated heterocycles. The van der Waals surface area contributed by atoms with Crippen molar-refractivity contribution in [2.45, 2.75) is 6.42 Å². The lowest BCUT2D eigenvalue weighted by atomic mass is 10.1. The van der Waals surface area contributed by atoms with Crippen molar-refractivity contribution < 1.29 is 14.5 Å². The Hall–Kier alpha value is -3.35. The lowest BCUT2D eigenvalue weighted by Gasteiger charge is -2.07. The summed E-state index contributed by atoms with van der Waals surface area (Å²) in [7, 11) is 0. The van der Waals surface area contributed by atoms with Crippen LogP contribution < -0.4 is 15.4 Å². The third-order valence-corrected chi connectivity index (χ3v) is 3.98. The van der Waals surface area contributed by atoms with E-state index in [0.717, 1.165) is 23.3 Å². The van der Waals surface area contributed by atoms with E-state index >= 15 is 0 Å². The van der Waals surface area contributed by atoms with Gasteiger partial charge in [0.1, 0.15) is 11.4 Å². The molecular weight excluding hydrogens is 334 g/mol. The molecule has 1 aliphatic rings. The standard InChI is InChI=1S/C19H19N3O4/c23-19(8-6-14-5-7-18-15(13-14)9-12-26-18)21-11-10-20-16-3-1-2-4-17(16)22(24)25/h1-8,13,20H,9-12H2,(H,21,23)/b8-6+. The quantitative estimate of drug-likeness (QED) is 0.345. The van der Waals surface area contributed by atoms with Crippen LogP contribution in [-0.2, 0) is 11.2 Å². The Labute approximate surface area is 150 Å². The number of carbonyl (C=O) groups excluding carboxylic acids is 1. The molecule has 0 fully saturated rings. The first-order chi connectivity index (χ1) is 12.6. The van der Waals surface area contributed by atoms with Gasteiger partial charge in [-0.3, -0.25) is 14.9 Å². The Morgan fingerprint density at radius 2 is 2.08 bits per heavy atom. The van der Waals surface area contributed by atoms with Crippen LogP contribution in [0.15, 0.2) is 48.5 Å². The fourth-order valence-corrected chi connectivity index (χ4v) is 2.71. The first-order valence-corrected chi connectivity index (χ1v) is 8.32. The van der Waals surface area contributed by atoms with E-state index in [0.29, 0.717) is 25.4 Å². The summed E-state index contributed by atoms with van der Waals surface area (Å²) in [6.45, 7) is 1.45. The van der Waals surface area contributed by atoms with Crippen LogP contribution in [0.3, 0.4) is 0 Å². The number of fused-ring (bicyclic) bond motifs is 1. The molecule has 0 unspecified atom stereocenters. The number of ether oxygens (including phenoxy) is 1. The highest BCUT2D eigenvalue weighted by Gasteiger charge is 2.12. The number of hydrogen-bond acceptors (Lipinski definition) is 5. The molecule has 1 heterocycles. The van der Waals surface area contributed by atoms with Crippen molar-refractivity contribution in [3.63, 3.8) is 0 Å². The van der Waals surface area contributed by atoms with Gasteiger partial charge in [-0.05, 0) is 35.4 Å². The molecule has 2 aromatic rings. The van der Waals surface area contributed by atoms with Gasteiger partial charge in [0.2, 0.25) is 5.91 Å². The second-order valence-corrected chi connectivity index (χ2v) is 5.79. The van der Waals surface area contributed by atoms with Crippen LogP contribution in [-0.4, -0.2) is 30.5 Å². The summed E-state index contributed by atoms with van der Waals surface area (Å²) in [4.78, 5) is 22.4. The van der Waals surface area contributed by atoms with Crippen molar-refractivity contribution >= 4 is 23.4 Å². The number of nitrogens with zero attached hydrogens (tertiary/aromatic N) is 1. The number of hydrogen-bond donors (Lipinski definition) is 2.